The van der Waals surface area contributed by atoms with Crippen LogP contribution in [0.4, 0.5) is 4.39 Å². The molecule has 0 spiro atoms. The van der Waals surface area contributed by atoms with E-state index in [-0.39, 0.29) is 18.3 Å². The van der Waals surface area contributed by atoms with Crippen LogP contribution in [-0.2, 0) is 13.2 Å². The highest BCUT2D eigenvalue weighted by molar-refractivity contribution is 5.22. The molecular weight excluding hydrogens is 335 g/mol. The zero-order chi connectivity index (χ0) is 17.8. The number of hydrogen-bond acceptors (Lipinski definition) is 6. The van der Waals surface area contributed by atoms with Gasteiger partial charge in [-0.2, -0.15) is 0 Å². The molecule has 0 N–H and O–H groups in total. The molecule has 26 heavy (non-hydrogen) atoms. The Morgan fingerprint density at radius 1 is 1.15 bits per heavy atom. The van der Waals surface area contributed by atoms with Crippen LogP contribution in [0, 0.1) is 5.82 Å². The Kier molecular flexibility index (Phi) is 4.88. The normalized spacial score (nSPS) is 17.5. The molecule has 0 aliphatic carbocycles. The highest BCUT2D eigenvalue weighted by Crippen LogP contribution is 2.27. The zero-order valence-electron chi connectivity index (χ0n) is 14.2. The lowest BCUT2D eigenvalue weighted by atomic mass is 10.1. The monoisotopic (exact) mass is 354 g/mol. The van der Waals surface area contributed by atoms with Crippen LogP contribution >= 0.6 is 0 Å². The van der Waals surface area contributed by atoms with Gasteiger partial charge in [-0.15, -0.1) is 10.2 Å². The molecule has 1 aliphatic heterocycles. The van der Waals surface area contributed by atoms with Crippen LogP contribution in [0.3, 0.4) is 0 Å². The minimum absolute atomic E-state index is 0.170. The van der Waals surface area contributed by atoms with Crippen LogP contribution in [-0.4, -0.2) is 33.2 Å². The maximum absolute atomic E-state index is 12.9. The first-order valence-electron chi connectivity index (χ1n) is 8.59. The maximum atomic E-state index is 12.9. The van der Waals surface area contributed by atoms with Gasteiger partial charge in [-0.25, -0.2) is 4.39 Å². The first-order chi connectivity index (χ1) is 12.8. The largest absolute Gasteiger partial charge is 0.484 e. The number of nitrogens with zero attached hydrogens (tertiary/aromatic N) is 4. The summed E-state index contributed by atoms with van der Waals surface area (Å²) in [4.78, 5) is 6.71. The number of aromatic nitrogens is 3. The molecule has 3 heterocycles. The highest BCUT2D eigenvalue weighted by Gasteiger charge is 2.28. The van der Waals surface area contributed by atoms with E-state index in [4.69, 9.17) is 9.15 Å². The minimum Gasteiger partial charge on any atom is -0.484 e. The number of benzene rings is 1. The fourth-order valence-corrected chi connectivity index (χ4v) is 3.06. The van der Waals surface area contributed by atoms with E-state index in [2.05, 4.69) is 20.1 Å². The second-order valence-electron chi connectivity index (χ2n) is 6.32. The molecule has 0 radical (unpaired) electrons. The van der Waals surface area contributed by atoms with Crippen LogP contribution in [0.5, 0.6) is 5.75 Å². The van der Waals surface area contributed by atoms with Crippen molar-refractivity contribution in [2.24, 2.45) is 0 Å². The number of rotatable bonds is 6. The molecule has 6 nitrogen and oxygen atoms in total. The van der Waals surface area contributed by atoms with Crippen molar-refractivity contribution in [2.75, 3.05) is 13.1 Å². The number of pyridine rings is 1. The molecule has 0 bridgehead atoms. The van der Waals surface area contributed by atoms with Gasteiger partial charge in [0.2, 0.25) is 5.89 Å². The second-order valence-corrected chi connectivity index (χ2v) is 6.32. The van der Waals surface area contributed by atoms with Gasteiger partial charge in [-0.05, 0) is 49.4 Å². The summed E-state index contributed by atoms with van der Waals surface area (Å²) in [7, 11) is 0. The SMILES string of the molecule is Fc1ccc(OCc2nnc(C3CCN(Cc4ccccn4)C3)o2)cc1. The molecule has 3 aromatic rings. The summed E-state index contributed by atoms with van der Waals surface area (Å²) < 4.78 is 24.2. The van der Waals surface area contributed by atoms with Crippen LogP contribution in [0.2, 0.25) is 0 Å². The predicted molar refractivity (Wildman–Crippen MR) is 91.9 cm³/mol. The molecule has 1 fully saturated rings. The smallest absolute Gasteiger partial charge is 0.253 e. The van der Waals surface area contributed by atoms with Crippen LogP contribution < -0.4 is 4.74 Å². The molecule has 134 valence electrons. The number of hydrogen-bond donors (Lipinski definition) is 0. The number of halogens is 1. The summed E-state index contributed by atoms with van der Waals surface area (Å²) in [6.45, 7) is 2.84. The Hall–Kier alpha value is -2.80. The van der Waals surface area contributed by atoms with Crippen LogP contribution in [0.15, 0.2) is 53.1 Å². The van der Waals surface area contributed by atoms with Gasteiger partial charge in [0.25, 0.3) is 5.89 Å². The van der Waals surface area contributed by atoms with Crippen molar-refractivity contribution >= 4 is 0 Å². The summed E-state index contributed by atoms with van der Waals surface area (Å²) >= 11 is 0. The average Bonchev–Trinajstić information content (AvgIpc) is 3.31. The Morgan fingerprint density at radius 2 is 2.04 bits per heavy atom. The molecular formula is C19H19FN4O2. The Bertz CT molecular complexity index is 838. The number of ether oxygens (including phenoxy) is 1. The molecule has 7 heteroatoms. The highest BCUT2D eigenvalue weighted by atomic mass is 19.1. The summed E-state index contributed by atoms with van der Waals surface area (Å²) in [5.74, 6) is 1.56. The third-order valence-corrected chi connectivity index (χ3v) is 4.39. The van der Waals surface area contributed by atoms with E-state index in [1.165, 1.54) is 12.1 Å². The Labute approximate surface area is 150 Å². The van der Waals surface area contributed by atoms with E-state index < -0.39 is 0 Å². The van der Waals surface area contributed by atoms with Gasteiger partial charge in [-0.3, -0.25) is 9.88 Å². The molecule has 0 amide bonds. The van der Waals surface area contributed by atoms with Crippen LogP contribution in [0.25, 0.3) is 0 Å². The topological polar surface area (TPSA) is 64.3 Å². The van der Waals surface area contributed by atoms with E-state index >= 15 is 0 Å². The standard InChI is InChI=1S/C19H19FN4O2/c20-15-4-6-17(7-5-15)25-13-18-22-23-19(26-18)14-8-10-24(11-14)12-16-3-1-2-9-21-16/h1-7,9,14H,8,10-13H2. The molecule has 1 aliphatic rings. The van der Waals surface area contributed by atoms with Crippen molar-refractivity contribution in [1.82, 2.24) is 20.1 Å². The molecule has 1 unspecified atom stereocenters. The van der Waals surface area contributed by atoms with Gasteiger partial charge >= 0.3 is 0 Å². The maximum Gasteiger partial charge on any atom is 0.253 e. The zero-order valence-corrected chi connectivity index (χ0v) is 14.2. The molecule has 1 saturated heterocycles. The molecule has 1 aromatic carbocycles. The lowest BCUT2D eigenvalue weighted by Gasteiger charge is -2.14. The first kappa shape index (κ1) is 16.7. The summed E-state index contributed by atoms with van der Waals surface area (Å²) in [6, 6.07) is 11.8. The van der Waals surface area contributed by atoms with Gasteiger partial charge < -0.3 is 9.15 Å². The predicted octanol–water partition coefficient (Wildman–Crippen LogP) is 3.17. The third-order valence-electron chi connectivity index (χ3n) is 4.39. The van der Waals surface area contributed by atoms with Gasteiger partial charge in [0.15, 0.2) is 6.61 Å². The van der Waals surface area contributed by atoms with E-state index in [0.29, 0.717) is 17.5 Å². The van der Waals surface area contributed by atoms with Crippen LogP contribution in [0.1, 0.15) is 29.8 Å². The lowest BCUT2D eigenvalue weighted by Crippen LogP contribution is -2.20. The molecule has 4 rings (SSSR count). The summed E-state index contributed by atoms with van der Waals surface area (Å²) in [5, 5.41) is 8.22. The van der Waals surface area contributed by atoms with E-state index in [9.17, 15) is 4.39 Å². The van der Waals surface area contributed by atoms with Crippen molar-refractivity contribution in [3.05, 3.63) is 72.0 Å². The van der Waals surface area contributed by atoms with Gasteiger partial charge in [-0.1, -0.05) is 6.07 Å². The molecule has 2 aromatic heterocycles. The Morgan fingerprint density at radius 3 is 2.85 bits per heavy atom. The van der Waals surface area contributed by atoms with Gasteiger partial charge in [0.05, 0.1) is 11.6 Å². The summed E-state index contributed by atoms with van der Waals surface area (Å²) in [5.41, 5.74) is 1.06. The number of likely N-dealkylation sites (tertiary alicyclic amines) is 1. The van der Waals surface area contributed by atoms with E-state index in [1.54, 1.807) is 12.1 Å². The third kappa shape index (κ3) is 4.05. The minimum atomic E-state index is -0.297. The van der Waals surface area contributed by atoms with Crippen molar-refractivity contribution in [2.45, 2.75) is 25.5 Å². The van der Waals surface area contributed by atoms with Crippen molar-refractivity contribution in [3.63, 3.8) is 0 Å². The van der Waals surface area contributed by atoms with E-state index in [1.807, 2.05) is 24.4 Å². The lowest BCUT2D eigenvalue weighted by molar-refractivity contribution is 0.254. The van der Waals surface area contributed by atoms with Gasteiger partial charge in [0, 0.05) is 19.3 Å². The summed E-state index contributed by atoms with van der Waals surface area (Å²) in [6.07, 6.45) is 2.79. The average molecular weight is 354 g/mol. The van der Waals surface area contributed by atoms with Crippen molar-refractivity contribution in [3.8, 4) is 5.75 Å². The second kappa shape index (κ2) is 7.61. The fourth-order valence-electron chi connectivity index (χ4n) is 3.06. The Balaban J connectivity index is 1.31. The van der Waals surface area contributed by atoms with Crippen molar-refractivity contribution in [1.29, 1.82) is 0 Å². The molecule has 0 saturated carbocycles. The van der Waals surface area contributed by atoms with Gasteiger partial charge in [0.1, 0.15) is 11.6 Å². The quantitative estimate of drug-likeness (QED) is 0.677. The fraction of sp³-hybridized carbons (Fsp3) is 0.316. The first-order valence-corrected chi connectivity index (χ1v) is 8.59. The van der Waals surface area contributed by atoms with Crippen molar-refractivity contribution < 1.29 is 13.5 Å². The molecule has 1 atom stereocenters. The van der Waals surface area contributed by atoms with E-state index in [0.717, 1.165) is 31.7 Å².